The van der Waals surface area contributed by atoms with Gasteiger partial charge < -0.3 is 0 Å². The van der Waals surface area contributed by atoms with Crippen LogP contribution in [0.1, 0.15) is 22.6 Å². The molecule has 0 N–H and O–H groups in total. The van der Waals surface area contributed by atoms with Crippen LogP contribution in [0.3, 0.4) is 0 Å². The Labute approximate surface area is 173 Å². The van der Waals surface area contributed by atoms with Crippen LogP contribution in [0.2, 0.25) is 0 Å². The topological polar surface area (TPSA) is 97.6 Å². The Bertz CT molecular complexity index is 1210. The molecule has 152 valence electrons. The average Bonchev–Trinajstić information content (AvgIpc) is 2.90. The number of amides is 1. The Morgan fingerprint density at radius 1 is 0.900 bits per heavy atom. The first-order valence-corrected chi connectivity index (χ1v) is 10.7. The molecule has 7 nitrogen and oxygen atoms in total. The van der Waals surface area contributed by atoms with Crippen molar-refractivity contribution in [3.8, 4) is 0 Å². The van der Waals surface area contributed by atoms with Gasteiger partial charge in [-0.2, -0.15) is 0 Å². The molecule has 0 saturated carbocycles. The van der Waals surface area contributed by atoms with E-state index in [-0.39, 0.29) is 29.5 Å². The maximum Gasteiger partial charge on any atom is 0.269 e. The minimum atomic E-state index is -4.17. The number of rotatable bonds is 4. The van der Waals surface area contributed by atoms with Crippen molar-refractivity contribution >= 4 is 21.6 Å². The standard InChI is InChI=1S/C22H18N2O5S/c25-22-14-17-8-4-5-9-20(17)21(16-6-2-1-3-7-16)15-23(22)30(28,29)19-12-10-18(11-13-19)24(26)27/h1-13,21H,14-15H2. The van der Waals surface area contributed by atoms with Gasteiger partial charge in [0.05, 0.1) is 16.2 Å². The van der Waals surface area contributed by atoms with E-state index >= 15 is 0 Å². The van der Waals surface area contributed by atoms with Crippen molar-refractivity contribution in [1.82, 2.24) is 4.31 Å². The Morgan fingerprint density at radius 3 is 2.20 bits per heavy atom. The molecule has 1 atom stereocenters. The van der Waals surface area contributed by atoms with Gasteiger partial charge in [0, 0.05) is 24.6 Å². The van der Waals surface area contributed by atoms with Crippen molar-refractivity contribution in [3.63, 3.8) is 0 Å². The number of carbonyl (C=O) groups excluding carboxylic acids is 1. The summed E-state index contributed by atoms with van der Waals surface area (Å²) in [7, 11) is -4.17. The summed E-state index contributed by atoms with van der Waals surface area (Å²) in [5.41, 5.74) is 2.39. The van der Waals surface area contributed by atoms with E-state index < -0.39 is 20.9 Å². The van der Waals surface area contributed by atoms with E-state index in [1.54, 1.807) is 0 Å². The van der Waals surface area contributed by atoms with Gasteiger partial charge in [-0.3, -0.25) is 14.9 Å². The largest absolute Gasteiger partial charge is 0.273 e. The van der Waals surface area contributed by atoms with Crippen molar-refractivity contribution in [2.45, 2.75) is 17.2 Å². The summed E-state index contributed by atoms with van der Waals surface area (Å²) in [6, 6.07) is 21.5. The molecule has 30 heavy (non-hydrogen) atoms. The molecule has 1 aliphatic rings. The lowest BCUT2D eigenvalue weighted by Gasteiger charge is -2.25. The van der Waals surface area contributed by atoms with Gasteiger partial charge in [0.15, 0.2) is 0 Å². The number of nitrogens with zero attached hydrogens (tertiary/aromatic N) is 2. The Hall–Kier alpha value is -3.52. The fourth-order valence-electron chi connectivity index (χ4n) is 3.72. The monoisotopic (exact) mass is 422 g/mol. The summed E-state index contributed by atoms with van der Waals surface area (Å²) >= 11 is 0. The predicted molar refractivity (Wildman–Crippen MR) is 110 cm³/mol. The molecule has 1 unspecified atom stereocenters. The number of nitro groups is 1. The third-order valence-corrected chi connectivity index (χ3v) is 7.04. The van der Waals surface area contributed by atoms with Gasteiger partial charge in [0.25, 0.3) is 15.7 Å². The molecule has 0 bridgehead atoms. The third kappa shape index (κ3) is 3.57. The molecular weight excluding hydrogens is 404 g/mol. The molecule has 0 aromatic heterocycles. The first kappa shape index (κ1) is 19.8. The van der Waals surface area contributed by atoms with Crippen LogP contribution in [0.5, 0.6) is 0 Å². The minimum absolute atomic E-state index is 0.0360. The number of hydrogen-bond donors (Lipinski definition) is 0. The quantitative estimate of drug-likeness (QED) is 0.473. The highest BCUT2D eigenvalue weighted by molar-refractivity contribution is 7.89. The second kappa shape index (κ2) is 7.72. The van der Waals surface area contributed by atoms with E-state index in [0.29, 0.717) is 0 Å². The zero-order valence-corrected chi connectivity index (χ0v) is 16.7. The molecule has 1 aliphatic heterocycles. The maximum atomic E-state index is 13.3. The molecule has 1 amide bonds. The molecular formula is C22H18N2O5S. The number of benzene rings is 3. The first-order valence-electron chi connectivity index (χ1n) is 9.30. The lowest BCUT2D eigenvalue weighted by Crippen LogP contribution is -2.39. The Kier molecular flexibility index (Phi) is 5.09. The summed E-state index contributed by atoms with van der Waals surface area (Å²) < 4.78 is 27.5. The third-order valence-electron chi connectivity index (χ3n) is 5.24. The van der Waals surface area contributed by atoms with Crippen molar-refractivity contribution < 1.29 is 18.1 Å². The van der Waals surface area contributed by atoms with Crippen LogP contribution in [0, 0.1) is 10.1 Å². The van der Waals surface area contributed by atoms with Crippen molar-refractivity contribution in [1.29, 1.82) is 0 Å². The van der Waals surface area contributed by atoms with Crippen molar-refractivity contribution in [2.75, 3.05) is 6.54 Å². The molecule has 3 aromatic rings. The number of fused-ring (bicyclic) bond motifs is 1. The van der Waals surface area contributed by atoms with E-state index in [0.717, 1.165) is 45.3 Å². The lowest BCUT2D eigenvalue weighted by atomic mass is 9.88. The van der Waals surface area contributed by atoms with E-state index in [9.17, 15) is 23.3 Å². The molecule has 0 saturated heterocycles. The van der Waals surface area contributed by atoms with Crippen LogP contribution in [0.4, 0.5) is 5.69 Å². The molecule has 3 aromatic carbocycles. The second-order valence-corrected chi connectivity index (χ2v) is 8.88. The zero-order valence-electron chi connectivity index (χ0n) is 15.8. The summed E-state index contributed by atoms with van der Waals surface area (Å²) in [5.74, 6) is -0.846. The van der Waals surface area contributed by atoms with Crippen LogP contribution in [-0.4, -0.2) is 30.1 Å². The van der Waals surface area contributed by atoms with E-state index in [1.807, 2.05) is 54.6 Å². The highest BCUT2D eigenvalue weighted by atomic mass is 32.2. The van der Waals surface area contributed by atoms with E-state index in [2.05, 4.69) is 0 Å². The number of sulfonamides is 1. The van der Waals surface area contributed by atoms with E-state index in [1.165, 1.54) is 0 Å². The maximum absolute atomic E-state index is 13.3. The molecule has 8 heteroatoms. The zero-order chi connectivity index (χ0) is 21.3. The van der Waals surface area contributed by atoms with Gasteiger partial charge in [-0.05, 0) is 28.8 Å². The van der Waals surface area contributed by atoms with Gasteiger partial charge in [-0.1, -0.05) is 54.6 Å². The van der Waals surface area contributed by atoms with Crippen LogP contribution >= 0.6 is 0 Å². The van der Waals surface area contributed by atoms with Gasteiger partial charge in [0.1, 0.15) is 0 Å². The molecule has 0 fully saturated rings. The SMILES string of the molecule is O=C1Cc2ccccc2C(c2ccccc2)CN1S(=O)(=O)c1ccc([N+](=O)[O-])cc1. The number of carbonyl (C=O) groups is 1. The van der Waals surface area contributed by atoms with Crippen LogP contribution in [-0.2, 0) is 21.2 Å². The number of hydrogen-bond acceptors (Lipinski definition) is 5. The molecule has 1 heterocycles. The predicted octanol–water partition coefficient (Wildman–Crippen LogP) is 3.50. The van der Waals surface area contributed by atoms with Crippen molar-refractivity contribution in [3.05, 3.63) is 106 Å². The van der Waals surface area contributed by atoms with Gasteiger partial charge in [-0.25, -0.2) is 12.7 Å². The summed E-state index contributed by atoms with van der Waals surface area (Å²) in [6.45, 7) is -0.0425. The summed E-state index contributed by atoms with van der Waals surface area (Å²) in [5, 5.41) is 10.9. The Morgan fingerprint density at radius 2 is 1.53 bits per heavy atom. The van der Waals surface area contributed by atoms with E-state index in [4.69, 9.17) is 0 Å². The Balaban J connectivity index is 1.78. The summed E-state index contributed by atoms with van der Waals surface area (Å²) in [6.07, 6.45) is -0.0360. The molecule has 0 spiro atoms. The van der Waals surface area contributed by atoms with Gasteiger partial charge in [0.2, 0.25) is 5.91 Å². The van der Waals surface area contributed by atoms with Crippen LogP contribution < -0.4 is 0 Å². The molecule has 4 rings (SSSR count). The second-order valence-electron chi connectivity index (χ2n) is 7.02. The average molecular weight is 422 g/mol. The smallest absolute Gasteiger partial charge is 0.269 e. The van der Waals surface area contributed by atoms with Crippen LogP contribution in [0.25, 0.3) is 0 Å². The lowest BCUT2D eigenvalue weighted by molar-refractivity contribution is -0.384. The fourth-order valence-corrected chi connectivity index (χ4v) is 5.13. The minimum Gasteiger partial charge on any atom is -0.273 e. The molecule has 0 aliphatic carbocycles. The van der Waals surface area contributed by atoms with Gasteiger partial charge >= 0.3 is 0 Å². The van der Waals surface area contributed by atoms with Crippen molar-refractivity contribution in [2.24, 2.45) is 0 Å². The summed E-state index contributed by atoms with van der Waals surface area (Å²) in [4.78, 5) is 23.1. The van der Waals surface area contributed by atoms with Crippen LogP contribution in [0.15, 0.2) is 83.8 Å². The fraction of sp³-hybridized carbons (Fsp3) is 0.136. The normalized spacial score (nSPS) is 16.6. The molecule has 0 radical (unpaired) electrons. The van der Waals surface area contributed by atoms with Gasteiger partial charge in [-0.15, -0.1) is 0 Å². The first-order chi connectivity index (χ1) is 14.4. The number of non-ortho nitro benzene ring substituents is 1. The highest BCUT2D eigenvalue weighted by Crippen LogP contribution is 2.34. The highest BCUT2D eigenvalue weighted by Gasteiger charge is 2.36. The number of nitro benzene ring substituents is 1.